The van der Waals surface area contributed by atoms with Crippen molar-refractivity contribution >= 4 is 9.84 Å². The van der Waals surface area contributed by atoms with Crippen LogP contribution in [0.2, 0.25) is 0 Å². The van der Waals surface area contributed by atoms with E-state index in [-0.39, 0.29) is 11.8 Å². The highest BCUT2D eigenvalue weighted by Gasteiger charge is 2.20. The number of nitrogens with one attached hydrogen (secondary N) is 1. The lowest BCUT2D eigenvalue weighted by molar-refractivity contribution is 0.0540. The van der Waals surface area contributed by atoms with E-state index in [0.29, 0.717) is 5.92 Å². The second kappa shape index (κ2) is 7.20. The second-order valence-electron chi connectivity index (χ2n) is 5.55. The number of hydrogen-bond acceptors (Lipinski definition) is 4. The van der Waals surface area contributed by atoms with Crippen molar-refractivity contribution in [2.24, 2.45) is 5.92 Å². The Labute approximate surface area is 121 Å². The van der Waals surface area contributed by atoms with Crippen LogP contribution in [0.25, 0.3) is 0 Å². The number of benzene rings is 1. The smallest absolute Gasteiger partial charge is 0.149 e. The maximum absolute atomic E-state index is 11.6. The maximum atomic E-state index is 11.6. The molecule has 1 saturated heterocycles. The van der Waals surface area contributed by atoms with Crippen molar-refractivity contribution in [2.75, 3.05) is 31.8 Å². The molecule has 0 spiro atoms. The molecular weight excluding hydrogens is 274 g/mol. The van der Waals surface area contributed by atoms with Crippen LogP contribution in [0.15, 0.2) is 30.3 Å². The Kier molecular flexibility index (Phi) is 5.57. The van der Waals surface area contributed by atoms with Crippen LogP contribution < -0.4 is 5.32 Å². The van der Waals surface area contributed by atoms with E-state index in [0.717, 1.165) is 38.2 Å². The summed E-state index contributed by atoms with van der Waals surface area (Å²) in [4.78, 5) is 0. The fourth-order valence-electron chi connectivity index (χ4n) is 2.54. The van der Waals surface area contributed by atoms with Crippen LogP contribution in [0.5, 0.6) is 0 Å². The van der Waals surface area contributed by atoms with Gasteiger partial charge >= 0.3 is 0 Å². The summed E-state index contributed by atoms with van der Waals surface area (Å²) in [5.74, 6) is 0.611. The molecule has 20 heavy (non-hydrogen) atoms. The first-order chi connectivity index (χ1) is 9.54. The van der Waals surface area contributed by atoms with Crippen molar-refractivity contribution in [3.05, 3.63) is 35.9 Å². The predicted octanol–water partition coefficient (Wildman–Crippen LogP) is 1.79. The maximum Gasteiger partial charge on any atom is 0.149 e. The zero-order chi connectivity index (χ0) is 14.4. The number of rotatable bonds is 6. The lowest BCUT2D eigenvalue weighted by Crippen LogP contribution is -2.34. The van der Waals surface area contributed by atoms with Gasteiger partial charge in [0.2, 0.25) is 0 Å². The molecule has 0 saturated carbocycles. The molecule has 1 heterocycles. The fourth-order valence-corrected chi connectivity index (χ4v) is 3.45. The van der Waals surface area contributed by atoms with Crippen molar-refractivity contribution in [1.29, 1.82) is 0 Å². The molecule has 1 aliphatic rings. The summed E-state index contributed by atoms with van der Waals surface area (Å²) < 4.78 is 28.7. The molecule has 0 unspecified atom stereocenters. The van der Waals surface area contributed by atoms with Gasteiger partial charge in [0.05, 0.1) is 12.4 Å². The summed E-state index contributed by atoms with van der Waals surface area (Å²) in [7, 11) is -3.02. The van der Waals surface area contributed by atoms with Crippen LogP contribution in [0.1, 0.15) is 24.4 Å². The van der Waals surface area contributed by atoms with Gasteiger partial charge in [0.15, 0.2) is 0 Å². The Balaban J connectivity index is 1.99. The number of sulfone groups is 1. The van der Waals surface area contributed by atoms with Gasteiger partial charge < -0.3 is 10.1 Å². The molecule has 2 atom stereocenters. The molecule has 112 valence electrons. The van der Waals surface area contributed by atoms with E-state index < -0.39 is 9.84 Å². The minimum atomic E-state index is -3.02. The monoisotopic (exact) mass is 297 g/mol. The molecule has 0 amide bonds. The molecule has 1 aliphatic heterocycles. The summed E-state index contributed by atoms with van der Waals surface area (Å²) in [5, 5.41) is 3.40. The molecule has 4 nitrogen and oxygen atoms in total. The number of ether oxygens (including phenoxy) is 1. The molecule has 2 rings (SSSR count). The van der Waals surface area contributed by atoms with E-state index in [4.69, 9.17) is 4.74 Å². The average molecular weight is 297 g/mol. The molecular formula is C15H23NO3S. The van der Waals surface area contributed by atoms with Crippen molar-refractivity contribution in [3.8, 4) is 0 Å². The van der Waals surface area contributed by atoms with E-state index in [1.807, 2.05) is 30.3 Å². The largest absolute Gasteiger partial charge is 0.381 e. The van der Waals surface area contributed by atoms with Gasteiger partial charge in [-0.2, -0.15) is 0 Å². The standard InChI is InChI=1S/C15H23NO3S/c1-20(17,18)12-15(14-7-3-2-4-8-14)16-10-13-6-5-9-19-11-13/h2-4,7-8,13,15-16H,5-6,9-12H2,1H3/t13-,15-/m1/s1. The van der Waals surface area contributed by atoms with E-state index in [2.05, 4.69) is 5.32 Å². The zero-order valence-electron chi connectivity index (χ0n) is 11.9. The van der Waals surface area contributed by atoms with Gasteiger partial charge in [-0.15, -0.1) is 0 Å². The van der Waals surface area contributed by atoms with Crippen LogP contribution in [0, 0.1) is 5.92 Å². The van der Waals surface area contributed by atoms with Gasteiger partial charge in [-0.3, -0.25) is 0 Å². The highest BCUT2D eigenvalue weighted by molar-refractivity contribution is 7.90. The van der Waals surface area contributed by atoms with Crippen molar-refractivity contribution < 1.29 is 13.2 Å². The van der Waals surface area contributed by atoms with E-state index in [1.54, 1.807) is 0 Å². The van der Waals surface area contributed by atoms with Crippen LogP contribution in [0.4, 0.5) is 0 Å². The van der Waals surface area contributed by atoms with E-state index >= 15 is 0 Å². The minimum Gasteiger partial charge on any atom is -0.381 e. The van der Waals surface area contributed by atoms with Crippen molar-refractivity contribution in [1.82, 2.24) is 5.32 Å². The van der Waals surface area contributed by atoms with Gasteiger partial charge in [0.1, 0.15) is 9.84 Å². The highest BCUT2D eigenvalue weighted by atomic mass is 32.2. The third-order valence-corrected chi connectivity index (χ3v) is 4.52. The molecule has 1 N–H and O–H groups in total. The third-order valence-electron chi connectivity index (χ3n) is 3.58. The summed E-state index contributed by atoms with van der Waals surface area (Å²) in [6.07, 6.45) is 3.52. The van der Waals surface area contributed by atoms with Crippen molar-refractivity contribution in [2.45, 2.75) is 18.9 Å². The first-order valence-corrected chi connectivity index (χ1v) is 9.14. The first kappa shape index (κ1) is 15.5. The quantitative estimate of drug-likeness (QED) is 0.870. The van der Waals surface area contributed by atoms with Crippen LogP contribution in [-0.4, -0.2) is 40.2 Å². The van der Waals surface area contributed by atoms with Crippen LogP contribution >= 0.6 is 0 Å². The summed E-state index contributed by atoms with van der Waals surface area (Å²) in [6, 6.07) is 9.62. The topological polar surface area (TPSA) is 55.4 Å². The molecule has 1 aromatic carbocycles. The summed E-state index contributed by atoms with van der Waals surface area (Å²) in [6.45, 7) is 2.42. The highest BCUT2D eigenvalue weighted by Crippen LogP contribution is 2.17. The normalized spacial score (nSPS) is 21.6. The van der Waals surface area contributed by atoms with Gasteiger partial charge in [-0.25, -0.2) is 8.42 Å². The van der Waals surface area contributed by atoms with Crippen molar-refractivity contribution in [3.63, 3.8) is 0 Å². The predicted molar refractivity (Wildman–Crippen MR) is 80.4 cm³/mol. The van der Waals surface area contributed by atoms with Gasteiger partial charge in [0.25, 0.3) is 0 Å². The van der Waals surface area contributed by atoms with Gasteiger partial charge in [0, 0.05) is 25.4 Å². The Hall–Kier alpha value is -0.910. The minimum absolute atomic E-state index is 0.130. The fraction of sp³-hybridized carbons (Fsp3) is 0.600. The van der Waals surface area contributed by atoms with Crippen LogP contribution in [0.3, 0.4) is 0 Å². The molecule has 0 bridgehead atoms. The Morgan fingerprint density at radius 1 is 1.35 bits per heavy atom. The van der Waals surface area contributed by atoms with Gasteiger partial charge in [-0.05, 0) is 24.3 Å². The number of hydrogen-bond donors (Lipinski definition) is 1. The SMILES string of the molecule is CS(=O)(=O)C[C@@H](NC[C@H]1CCCOC1)c1ccccc1. The van der Waals surface area contributed by atoms with E-state index in [9.17, 15) is 8.42 Å². The first-order valence-electron chi connectivity index (χ1n) is 7.08. The zero-order valence-corrected chi connectivity index (χ0v) is 12.7. The molecule has 0 aromatic heterocycles. The molecule has 0 aliphatic carbocycles. The molecule has 1 fully saturated rings. The summed E-state index contributed by atoms with van der Waals surface area (Å²) >= 11 is 0. The van der Waals surface area contributed by atoms with Gasteiger partial charge in [-0.1, -0.05) is 30.3 Å². The molecule has 5 heteroatoms. The Morgan fingerprint density at radius 3 is 2.70 bits per heavy atom. The average Bonchev–Trinajstić information content (AvgIpc) is 2.44. The third kappa shape index (κ3) is 5.23. The Bertz CT molecular complexity index is 495. The Morgan fingerprint density at radius 2 is 2.10 bits per heavy atom. The van der Waals surface area contributed by atoms with Crippen LogP contribution in [-0.2, 0) is 14.6 Å². The molecule has 0 radical (unpaired) electrons. The molecule has 1 aromatic rings. The van der Waals surface area contributed by atoms with E-state index in [1.165, 1.54) is 6.26 Å². The lowest BCUT2D eigenvalue weighted by atomic mass is 10.0. The lowest BCUT2D eigenvalue weighted by Gasteiger charge is -2.25. The summed E-state index contributed by atoms with van der Waals surface area (Å²) in [5.41, 5.74) is 1.02. The second-order valence-corrected chi connectivity index (χ2v) is 7.73.